The Labute approximate surface area is 248 Å². The molecule has 0 N–H and O–H groups in total. The summed E-state index contributed by atoms with van der Waals surface area (Å²) < 4.78 is 47.3. The SMILES string of the molecule is CCCOC(c1ccc2c(c1)OCO2)C(C)Oc1ccc([C@H]2O[C@@H](c3ccc(OC)c(OC)c3)[C@@H](C)[C@H]2C)cc1OC. The second kappa shape index (κ2) is 13.1. The molecule has 2 heterocycles. The van der Waals surface area contributed by atoms with Crippen LogP contribution in [0.4, 0.5) is 0 Å². The molecule has 1 saturated heterocycles. The lowest BCUT2D eigenvalue weighted by molar-refractivity contribution is -0.0210. The molecule has 0 bridgehead atoms. The standard InChI is InChI=1S/C34H42O8/c1-8-15-38-34(25-10-13-27-31(18-25)40-19-39-27)22(4)41-28-14-11-24(17-30(28)37-7)33-21(3)20(2)32(42-33)23-9-12-26(35-5)29(16-23)36-6/h9-14,16-18,20-22,32-34H,8,15,19H2,1-7H3/t20-,21+,22?,32+,33-,34?/m0/s1. The predicted molar refractivity (Wildman–Crippen MR) is 159 cm³/mol. The number of rotatable bonds is 12. The highest BCUT2D eigenvalue weighted by atomic mass is 16.7. The minimum atomic E-state index is -0.301. The summed E-state index contributed by atoms with van der Waals surface area (Å²) in [6, 6.07) is 17.9. The van der Waals surface area contributed by atoms with Gasteiger partial charge >= 0.3 is 0 Å². The molecule has 6 atom stereocenters. The monoisotopic (exact) mass is 578 g/mol. The largest absolute Gasteiger partial charge is 0.493 e. The van der Waals surface area contributed by atoms with Gasteiger partial charge in [-0.1, -0.05) is 39.0 Å². The van der Waals surface area contributed by atoms with Gasteiger partial charge in [0.1, 0.15) is 12.2 Å². The van der Waals surface area contributed by atoms with E-state index in [9.17, 15) is 0 Å². The Balaban J connectivity index is 1.35. The van der Waals surface area contributed by atoms with Crippen molar-refractivity contribution in [2.24, 2.45) is 11.8 Å². The second-order valence-electron chi connectivity index (χ2n) is 10.9. The summed E-state index contributed by atoms with van der Waals surface area (Å²) in [5.74, 6) is 4.72. The van der Waals surface area contributed by atoms with Gasteiger partial charge in [0.15, 0.2) is 34.5 Å². The number of hydrogen-bond donors (Lipinski definition) is 0. The van der Waals surface area contributed by atoms with Crippen molar-refractivity contribution in [2.75, 3.05) is 34.7 Å². The third-order valence-corrected chi connectivity index (χ3v) is 8.30. The molecule has 1 fully saturated rings. The molecular weight excluding hydrogens is 536 g/mol. The van der Waals surface area contributed by atoms with Gasteiger partial charge < -0.3 is 37.9 Å². The van der Waals surface area contributed by atoms with Crippen LogP contribution in [0.25, 0.3) is 0 Å². The molecule has 0 aliphatic carbocycles. The average molecular weight is 579 g/mol. The van der Waals surface area contributed by atoms with Crippen LogP contribution in [0.15, 0.2) is 54.6 Å². The van der Waals surface area contributed by atoms with Gasteiger partial charge in [0.25, 0.3) is 0 Å². The smallest absolute Gasteiger partial charge is 0.231 e. The summed E-state index contributed by atoms with van der Waals surface area (Å²) >= 11 is 0. The van der Waals surface area contributed by atoms with Crippen molar-refractivity contribution in [1.29, 1.82) is 0 Å². The fourth-order valence-corrected chi connectivity index (χ4v) is 5.81. The molecule has 5 rings (SSSR count). The quantitative estimate of drug-likeness (QED) is 0.219. The molecule has 3 aromatic carbocycles. The van der Waals surface area contributed by atoms with Gasteiger partial charge in [-0.05, 0) is 78.3 Å². The lowest BCUT2D eigenvalue weighted by atomic mass is 9.85. The van der Waals surface area contributed by atoms with E-state index in [2.05, 4.69) is 26.8 Å². The zero-order chi connectivity index (χ0) is 29.8. The van der Waals surface area contributed by atoms with Gasteiger partial charge in [-0.25, -0.2) is 0 Å². The lowest BCUT2D eigenvalue weighted by Crippen LogP contribution is -2.25. The molecule has 0 amide bonds. The Morgan fingerprint density at radius 1 is 0.738 bits per heavy atom. The van der Waals surface area contributed by atoms with Crippen LogP contribution >= 0.6 is 0 Å². The van der Waals surface area contributed by atoms with Gasteiger partial charge in [-0.15, -0.1) is 0 Å². The maximum atomic E-state index is 6.69. The Kier molecular flexibility index (Phi) is 9.34. The summed E-state index contributed by atoms with van der Waals surface area (Å²) in [6.07, 6.45) is 0.115. The van der Waals surface area contributed by atoms with Crippen LogP contribution in [0.1, 0.15) is 69.1 Å². The Morgan fingerprint density at radius 2 is 1.33 bits per heavy atom. The van der Waals surface area contributed by atoms with E-state index in [-0.39, 0.29) is 43.0 Å². The topological polar surface area (TPSA) is 73.8 Å². The highest BCUT2D eigenvalue weighted by molar-refractivity contribution is 5.47. The van der Waals surface area contributed by atoms with Gasteiger partial charge in [0, 0.05) is 6.61 Å². The van der Waals surface area contributed by atoms with Crippen molar-refractivity contribution >= 4 is 0 Å². The van der Waals surface area contributed by atoms with E-state index in [0.717, 1.165) is 34.6 Å². The molecule has 42 heavy (non-hydrogen) atoms. The number of ether oxygens (including phenoxy) is 8. The fourth-order valence-electron chi connectivity index (χ4n) is 5.81. The average Bonchev–Trinajstić information content (AvgIpc) is 3.60. The van der Waals surface area contributed by atoms with Crippen molar-refractivity contribution in [3.63, 3.8) is 0 Å². The fraction of sp³-hybridized carbons (Fsp3) is 0.471. The van der Waals surface area contributed by atoms with Crippen LogP contribution in [0.5, 0.6) is 34.5 Å². The lowest BCUT2D eigenvalue weighted by Gasteiger charge is -2.27. The van der Waals surface area contributed by atoms with E-state index in [4.69, 9.17) is 37.9 Å². The molecule has 2 unspecified atom stereocenters. The summed E-state index contributed by atoms with van der Waals surface area (Å²) in [5.41, 5.74) is 3.08. The van der Waals surface area contributed by atoms with Crippen LogP contribution in [0.3, 0.4) is 0 Å². The molecule has 0 spiro atoms. The molecule has 3 aromatic rings. The number of fused-ring (bicyclic) bond motifs is 1. The predicted octanol–water partition coefficient (Wildman–Crippen LogP) is 7.46. The van der Waals surface area contributed by atoms with E-state index >= 15 is 0 Å². The van der Waals surface area contributed by atoms with Gasteiger partial charge in [0.2, 0.25) is 6.79 Å². The normalized spacial score (nSPS) is 22.5. The van der Waals surface area contributed by atoms with Gasteiger partial charge in [0.05, 0.1) is 33.5 Å². The molecule has 8 nitrogen and oxygen atoms in total. The summed E-state index contributed by atoms with van der Waals surface area (Å²) in [6.45, 7) is 9.40. The van der Waals surface area contributed by atoms with Crippen LogP contribution in [0.2, 0.25) is 0 Å². The van der Waals surface area contributed by atoms with E-state index in [1.54, 1.807) is 21.3 Å². The Hall–Kier alpha value is -3.62. The minimum absolute atomic E-state index is 0.0788. The first-order valence-corrected chi connectivity index (χ1v) is 14.6. The molecule has 0 saturated carbocycles. The van der Waals surface area contributed by atoms with Crippen LogP contribution in [-0.4, -0.2) is 40.8 Å². The third-order valence-electron chi connectivity index (χ3n) is 8.30. The molecule has 0 radical (unpaired) electrons. The molecule has 226 valence electrons. The molecule has 2 aliphatic rings. The molecule has 0 aromatic heterocycles. The zero-order valence-electron chi connectivity index (χ0n) is 25.5. The van der Waals surface area contributed by atoms with Gasteiger partial charge in [-0.3, -0.25) is 0 Å². The number of methoxy groups -OCH3 is 3. The van der Waals surface area contributed by atoms with E-state index in [1.807, 2.05) is 55.5 Å². The third kappa shape index (κ3) is 5.96. The first kappa shape index (κ1) is 29.9. The first-order valence-electron chi connectivity index (χ1n) is 14.6. The summed E-state index contributed by atoms with van der Waals surface area (Å²) in [5, 5.41) is 0. The van der Waals surface area contributed by atoms with Crippen LogP contribution in [-0.2, 0) is 9.47 Å². The maximum Gasteiger partial charge on any atom is 0.231 e. The van der Waals surface area contributed by atoms with Crippen LogP contribution in [0, 0.1) is 11.8 Å². The van der Waals surface area contributed by atoms with Crippen molar-refractivity contribution in [2.45, 2.75) is 58.5 Å². The molecule has 8 heteroatoms. The zero-order valence-corrected chi connectivity index (χ0v) is 25.5. The number of hydrogen-bond acceptors (Lipinski definition) is 8. The molecular formula is C34H42O8. The summed E-state index contributed by atoms with van der Waals surface area (Å²) in [7, 11) is 4.95. The minimum Gasteiger partial charge on any atom is -0.493 e. The second-order valence-corrected chi connectivity index (χ2v) is 10.9. The van der Waals surface area contributed by atoms with Crippen LogP contribution < -0.4 is 28.4 Å². The summed E-state index contributed by atoms with van der Waals surface area (Å²) in [4.78, 5) is 0. The van der Waals surface area contributed by atoms with E-state index in [0.29, 0.717) is 29.6 Å². The number of benzene rings is 3. The van der Waals surface area contributed by atoms with Crippen molar-refractivity contribution in [3.8, 4) is 34.5 Å². The van der Waals surface area contributed by atoms with Crippen molar-refractivity contribution in [1.82, 2.24) is 0 Å². The maximum absolute atomic E-state index is 6.69. The Bertz CT molecular complexity index is 1360. The first-order chi connectivity index (χ1) is 20.4. The van der Waals surface area contributed by atoms with Gasteiger partial charge in [-0.2, -0.15) is 0 Å². The van der Waals surface area contributed by atoms with Crippen molar-refractivity contribution < 1.29 is 37.9 Å². The van der Waals surface area contributed by atoms with E-state index in [1.165, 1.54) is 0 Å². The molecule has 2 aliphatic heterocycles. The van der Waals surface area contributed by atoms with E-state index < -0.39 is 0 Å². The highest BCUT2D eigenvalue weighted by Gasteiger charge is 2.41. The van der Waals surface area contributed by atoms with Crippen molar-refractivity contribution in [3.05, 3.63) is 71.3 Å². The Morgan fingerprint density at radius 3 is 1.95 bits per heavy atom. The highest BCUT2D eigenvalue weighted by Crippen LogP contribution is 2.51.